The Balaban J connectivity index is 1.67. The number of aromatic nitrogens is 1. The van der Waals surface area contributed by atoms with Gasteiger partial charge in [0.25, 0.3) is 0 Å². The topological polar surface area (TPSA) is 33.2 Å². The largest absolute Gasteiger partial charge is 0.341 e. The molecule has 3 nitrogen and oxygen atoms in total. The van der Waals surface area contributed by atoms with Crippen LogP contribution in [0.3, 0.4) is 0 Å². The molecule has 2 heterocycles. The number of rotatable bonds is 5. The van der Waals surface area contributed by atoms with Crippen LogP contribution in [0.4, 0.5) is 0 Å². The van der Waals surface area contributed by atoms with Gasteiger partial charge in [0.2, 0.25) is 5.91 Å². The predicted octanol–water partition coefficient (Wildman–Crippen LogP) is 4.39. The smallest absolute Gasteiger partial charge is 0.222 e. The van der Waals surface area contributed by atoms with E-state index >= 15 is 0 Å². The summed E-state index contributed by atoms with van der Waals surface area (Å²) in [4.78, 5) is 19.1. The highest BCUT2D eigenvalue weighted by Gasteiger charge is 2.35. The zero-order valence-electron chi connectivity index (χ0n) is 14.8. The van der Waals surface area contributed by atoms with E-state index in [1.54, 1.807) is 11.3 Å². The number of nitrogens with zero attached hydrogens (tertiary/aromatic N) is 2. The van der Waals surface area contributed by atoms with E-state index in [4.69, 9.17) is 4.98 Å². The number of hydrogen-bond acceptors (Lipinski definition) is 3. The summed E-state index contributed by atoms with van der Waals surface area (Å²) >= 11 is 1.73. The molecule has 3 rings (SSSR count). The third-order valence-electron chi connectivity index (χ3n) is 4.96. The molecule has 0 spiro atoms. The second-order valence-electron chi connectivity index (χ2n) is 7.32. The molecule has 24 heavy (non-hydrogen) atoms. The molecule has 1 saturated heterocycles. The van der Waals surface area contributed by atoms with Gasteiger partial charge in [0.05, 0.1) is 10.7 Å². The van der Waals surface area contributed by atoms with Gasteiger partial charge in [-0.25, -0.2) is 4.98 Å². The third kappa shape index (κ3) is 3.69. The SMILES string of the molecule is CC(C)c1nc(CCN2C[C@](C)(c3ccccc3)CCC2=O)cs1. The van der Waals surface area contributed by atoms with Crippen molar-refractivity contribution in [3.63, 3.8) is 0 Å². The number of likely N-dealkylation sites (tertiary alicyclic amines) is 1. The van der Waals surface area contributed by atoms with Crippen LogP contribution in [0.15, 0.2) is 35.7 Å². The summed E-state index contributed by atoms with van der Waals surface area (Å²) in [5.74, 6) is 0.754. The molecule has 0 saturated carbocycles. The van der Waals surface area contributed by atoms with Crippen LogP contribution in [0.25, 0.3) is 0 Å². The molecule has 0 unspecified atom stereocenters. The monoisotopic (exact) mass is 342 g/mol. The third-order valence-corrected chi connectivity index (χ3v) is 6.15. The van der Waals surface area contributed by atoms with Crippen LogP contribution in [0.1, 0.15) is 55.8 Å². The van der Waals surface area contributed by atoms with Crippen molar-refractivity contribution in [2.24, 2.45) is 0 Å². The molecule has 0 aliphatic carbocycles. The van der Waals surface area contributed by atoms with Gasteiger partial charge in [0, 0.05) is 42.6 Å². The molecular formula is C20H26N2OS. The van der Waals surface area contributed by atoms with Crippen molar-refractivity contribution in [3.8, 4) is 0 Å². The highest BCUT2D eigenvalue weighted by Crippen LogP contribution is 2.34. The van der Waals surface area contributed by atoms with E-state index in [0.717, 1.165) is 31.6 Å². The van der Waals surface area contributed by atoms with Crippen LogP contribution in [0.2, 0.25) is 0 Å². The lowest BCUT2D eigenvalue weighted by Crippen LogP contribution is -2.48. The van der Waals surface area contributed by atoms with Gasteiger partial charge in [-0.05, 0) is 12.0 Å². The van der Waals surface area contributed by atoms with Crippen molar-refractivity contribution in [1.29, 1.82) is 0 Å². The van der Waals surface area contributed by atoms with Crippen LogP contribution in [0.5, 0.6) is 0 Å². The van der Waals surface area contributed by atoms with Crippen LogP contribution >= 0.6 is 11.3 Å². The summed E-state index contributed by atoms with van der Waals surface area (Å²) in [6.07, 6.45) is 2.42. The normalized spacial score (nSPS) is 21.5. The van der Waals surface area contributed by atoms with Crippen LogP contribution < -0.4 is 0 Å². The first kappa shape index (κ1) is 17.2. The molecule has 128 valence electrons. The number of hydrogen-bond donors (Lipinski definition) is 0. The molecule has 1 fully saturated rings. The van der Waals surface area contributed by atoms with E-state index in [1.807, 2.05) is 11.0 Å². The average molecular weight is 343 g/mol. The molecule has 2 aromatic rings. The molecule has 1 aliphatic rings. The lowest BCUT2D eigenvalue weighted by molar-refractivity contribution is -0.135. The summed E-state index contributed by atoms with van der Waals surface area (Å²) in [5, 5.41) is 3.32. The minimum atomic E-state index is 0.0559. The van der Waals surface area contributed by atoms with Crippen molar-refractivity contribution in [2.75, 3.05) is 13.1 Å². The van der Waals surface area contributed by atoms with Crippen LogP contribution in [-0.4, -0.2) is 28.9 Å². The van der Waals surface area contributed by atoms with Crippen molar-refractivity contribution < 1.29 is 4.79 Å². The molecule has 1 aromatic carbocycles. The zero-order chi connectivity index (χ0) is 17.2. The number of carbonyl (C=O) groups is 1. The fourth-order valence-electron chi connectivity index (χ4n) is 3.36. The quantitative estimate of drug-likeness (QED) is 0.807. The predicted molar refractivity (Wildman–Crippen MR) is 99.5 cm³/mol. The molecule has 1 amide bonds. The van der Waals surface area contributed by atoms with Crippen LogP contribution in [-0.2, 0) is 16.6 Å². The van der Waals surface area contributed by atoms with Crippen molar-refractivity contribution in [1.82, 2.24) is 9.88 Å². The van der Waals surface area contributed by atoms with E-state index < -0.39 is 0 Å². The van der Waals surface area contributed by atoms with Gasteiger partial charge < -0.3 is 4.90 Å². The number of amides is 1. The lowest BCUT2D eigenvalue weighted by atomic mass is 9.75. The second kappa shape index (κ2) is 7.06. The molecule has 0 radical (unpaired) electrons. The van der Waals surface area contributed by atoms with Crippen LogP contribution in [0, 0.1) is 0 Å². The van der Waals surface area contributed by atoms with Gasteiger partial charge in [-0.3, -0.25) is 4.79 Å². The average Bonchev–Trinajstić information content (AvgIpc) is 3.06. The van der Waals surface area contributed by atoms with Gasteiger partial charge in [0.1, 0.15) is 0 Å². The molecule has 0 bridgehead atoms. The van der Waals surface area contributed by atoms with Crippen molar-refractivity contribution >= 4 is 17.2 Å². The zero-order valence-corrected chi connectivity index (χ0v) is 15.6. The molecule has 4 heteroatoms. The molecule has 1 aliphatic heterocycles. The first-order valence-electron chi connectivity index (χ1n) is 8.75. The Labute approximate surface area is 148 Å². The van der Waals surface area contributed by atoms with Gasteiger partial charge >= 0.3 is 0 Å². The summed E-state index contributed by atoms with van der Waals surface area (Å²) in [5.41, 5.74) is 2.50. The van der Waals surface area contributed by atoms with Gasteiger partial charge in [0.15, 0.2) is 0 Å². The van der Waals surface area contributed by atoms with Crippen molar-refractivity contribution in [2.45, 2.75) is 51.4 Å². The maximum Gasteiger partial charge on any atom is 0.222 e. The number of thiazole rings is 1. The highest BCUT2D eigenvalue weighted by molar-refractivity contribution is 7.09. The molecule has 0 N–H and O–H groups in total. The van der Waals surface area contributed by atoms with Gasteiger partial charge in [-0.15, -0.1) is 11.3 Å². The lowest BCUT2D eigenvalue weighted by Gasteiger charge is -2.40. The van der Waals surface area contributed by atoms with Gasteiger partial charge in [-0.2, -0.15) is 0 Å². The first-order valence-corrected chi connectivity index (χ1v) is 9.63. The maximum absolute atomic E-state index is 12.4. The Bertz CT molecular complexity index is 695. The minimum Gasteiger partial charge on any atom is -0.341 e. The summed E-state index contributed by atoms with van der Waals surface area (Å²) in [7, 11) is 0. The molecule has 1 atom stereocenters. The summed E-state index contributed by atoms with van der Waals surface area (Å²) in [6.45, 7) is 8.19. The Morgan fingerprint density at radius 3 is 2.71 bits per heavy atom. The second-order valence-corrected chi connectivity index (χ2v) is 8.21. The van der Waals surface area contributed by atoms with Crippen molar-refractivity contribution in [3.05, 3.63) is 52.0 Å². The number of piperidine rings is 1. The number of benzene rings is 1. The Morgan fingerprint density at radius 1 is 1.29 bits per heavy atom. The van der Waals surface area contributed by atoms with E-state index in [0.29, 0.717) is 12.3 Å². The Kier molecular flexibility index (Phi) is 5.04. The molecular weight excluding hydrogens is 316 g/mol. The van der Waals surface area contributed by atoms with E-state index in [-0.39, 0.29) is 11.3 Å². The fourth-order valence-corrected chi connectivity index (χ4v) is 4.23. The summed E-state index contributed by atoms with van der Waals surface area (Å²) < 4.78 is 0. The standard InChI is InChI=1S/C20H26N2OS/c1-15(2)19-21-17(13-24-19)10-12-22-14-20(3,11-9-18(22)23)16-7-5-4-6-8-16/h4-8,13,15H,9-12,14H2,1-3H3/t20-/m1/s1. The summed E-state index contributed by atoms with van der Waals surface area (Å²) in [6, 6.07) is 10.6. The molecule has 1 aromatic heterocycles. The van der Waals surface area contributed by atoms with E-state index in [1.165, 1.54) is 10.6 Å². The Hall–Kier alpha value is -1.68. The first-order chi connectivity index (χ1) is 11.5. The Morgan fingerprint density at radius 2 is 2.04 bits per heavy atom. The highest BCUT2D eigenvalue weighted by atomic mass is 32.1. The number of carbonyl (C=O) groups excluding carboxylic acids is 1. The maximum atomic E-state index is 12.4. The fraction of sp³-hybridized carbons (Fsp3) is 0.500. The van der Waals surface area contributed by atoms with E-state index in [2.05, 4.69) is 50.4 Å². The van der Waals surface area contributed by atoms with Gasteiger partial charge in [-0.1, -0.05) is 51.1 Å². The van der Waals surface area contributed by atoms with E-state index in [9.17, 15) is 4.79 Å². The minimum absolute atomic E-state index is 0.0559.